The van der Waals surface area contributed by atoms with E-state index >= 15 is 0 Å². The van der Waals surface area contributed by atoms with Crippen LogP contribution in [0.3, 0.4) is 0 Å². The topological polar surface area (TPSA) is 68.2 Å². The molecule has 1 heterocycles. The summed E-state index contributed by atoms with van der Waals surface area (Å²) in [5.74, 6) is 0.00653. The number of nitrogens with zero attached hydrogens (tertiary/aromatic N) is 2. The Morgan fingerprint density at radius 2 is 2.33 bits per heavy atom. The number of nitriles is 1. The second-order valence-electron chi connectivity index (χ2n) is 5.58. The molecule has 0 bridgehead atoms. The minimum absolute atomic E-state index is 0.0813. The van der Waals surface area contributed by atoms with Crippen molar-refractivity contribution >= 4 is 5.91 Å². The first kappa shape index (κ1) is 14.9. The zero-order valence-electron chi connectivity index (χ0n) is 11.8. The summed E-state index contributed by atoms with van der Waals surface area (Å²) in [7, 11) is 1.95. The largest absolute Gasteiger partial charge is 0.337 e. The number of amides is 1. The number of rotatable bonds is 5. The van der Waals surface area contributed by atoms with E-state index in [2.05, 4.69) is 16.7 Å². The van der Waals surface area contributed by atoms with Crippen LogP contribution in [0, 0.1) is 17.2 Å². The molecule has 0 aromatic heterocycles. The van der Waals surface area contributed by atoms with E-state index in [1.54, 1.807) is 6.92 Å². The van der Waals surface area contributed by atoms with Gasteiger partial charge in [-0.2, -0.15) is 5.26 Å². The minimum Gasteiger partial charge on any atom is -0.337 e. The normalized spacial score (nSPS) is 22.8. The molecule has 2 atom stereocenters. The van der Waals surface area contributed by atoms with E-state index in [1.165, 1.54) is 0 Å². The van der Waals surface area contributed by atoms with Crippen LogP contribution in [0.15, 0.2) is 0 Å². The van der Waals surface area contributed by atoms with Gasteiger partial charge < -0.3 is 10.6 Å². The maximum atomic E-state index is 12.0. The molecule has 1 saturated heterocycles. The molecule has 102 valence electrons. The number of carbonyl (C=O) groups excluding carboxylic acids is 1. The molecule has 0 aliphatic carbocycles. The van der Waals surface area contributed by atoms with E-state index in [4.69, 9.17) is 5.26 Å². The third-order valence-corrected chi connectivity index (χ3v) is 3.84. The molecule has 5 nitrogen and oxygen atoms in total. The Morgan fingerprint density at radius 1 is 1.67 bits per heavy atom. The molecule has 2 N–H and O–H groups in total. The fraction of sp³-hybridized carbons (Fsp3) is 0.846. The summed E-state index contributed by atoms with van der Waals surface area (Å²) < 4.78 is 0. The van der Waals surface area contributed by atoms with Gasteiger partial charge >= 0.3 is 0 Å². The van der Waals surface area contributed by atoms with Gasteiger partial charge in [-0.1, -0.05) is 13.8 Å². The van der Waals surface area contributed by atoms with Gasteiger partial charge in [0, 0.05) is 12.6 Å². The Labute approximate surface area is 110 Å². The number of nitrogens with one attached hydrogen (secondary N) is 2. The summed E-state index contributed by atoms with van der Waals surface area (Å²) in [5, 5.41) is 15.3. The lowest BCUT2D eigenvalue weighted by Gasteiger charge is -2.29. The van der Waals surface area contributed by atoms with Crippen LogP contribution < -0.4 is 10.6 Å². The van der Waals surface area contributed by atoms with Gasteiger partial charge in [0.15, 0.2) is 0 Å². The van der Waals surface area contributed by atoms with Gasteiger partial charge in [-0.15, -0.1) is 0 Å². The highest BCUT2D eigenvalue weighted by atomic mass is 16.2. The van der Waals surface area contributed by atoms with Crippen molar-refractivity contribution in [1.82, 2.24) is 15.5 Å². The molecule has 0 aromatic rings. The summed E-state index contributed by atoms with van der Waals surface area (Å²) in [6.45, 7) is 7.94. The van der Waals surface area contributed by atoms with E-state index in [1.807, 2.05) is 25.8 Å². The lowest BCUT2D eigenvalue weighted by Crippen LogP contribution is -2.52. The Balaban J connectivity index is 2.48. The first-order valence-corrected chi connectivity index (χ1v) is 6.52. The third kappa shape index (κ3) is 3.69. The highest BCUT2D eigenvalue weighted by molar-refractivity contribution is 5.79. The van der Waals surface area contributed by atoms with Crippen molar-refractivity contribution in [2.24, 2.45) is 5.92 Å². The molecule has 5 heteroatoms. The van der Waals surface area contributed by atoms with Crippen molar-refractivity contribution in [3.8, 4) is 6.07 Å². The maximum absolute atomic E-state index is 12.0. The molecule has 1 fully saturated rings. The Morgan fingerprint density at radius 3 is 2.78 bits per heavy atom. The first-order chi connectivity index (χ1) is 8.39. The molecule has 1 aliphatic heterocycles. The van der Waals surface area contributed by atoms with Gasteiger partial charge in [0.25, 0.3) is 0 Å². The SMILES string of the molecule is CC(C)C(C)(C#N)NC(=O)CN(C)C1CCNC1. The van der Waals surface area contributed by atoms with Crippen LogP contribution in [0.25, 0.3) is 0 Å². The quantitative estimate of drug-likeness (QED) is 0.740. The van der Waals surface area contributed by atoms with E-state index in [0.29, 0.717) is 12.6 Å². The number of likely N-dealkylation sites (N-methyl/N-ethyl adjacent to an activating group) is 1. The third-order valence-electron chi connectivity index (χ3n) is 3.84. The van der Waals surface area contributed by atoms with Gasteiger partial charge in [0.1, 0.15) is 5.54 Å². The van der Waals surface area contributed by atoms with E-state index < -0.39 is 5.54 Å². The molecule has 18 heavy (non-hydrogen) atoms. The Bertz CT molecular complexity index is 330. The molecule has 1 aliphatic rings. The molecular formula is C13H24N4O. The second-order valence-corrected chi connectivity index (χ2v) is 5.58. The summed E-state index contributed by atoms with van der Waals surface area (Å²) in [5.41, 5.74) is -0.786. The van der Waals surface area contributed by atoms with Crippen molar-refractivity contribution in [3.05, 3.63) is 0 Å². The molecular weight excluding hydrogens is 228 g/mol. The van der Waals surface area contributed by atoms with Crippen LogP contribution in [0.1, 0.15) is 27.2 Å². The summed E-state index contributed by atoms with van der Waals surface area (Å²) in [6.07, 6.45) is 1.07. The van der Waals surface area contributed by atoms with Gasteiger partial charge in [-0.05, 0) is 32.9 Å². The van der Waals surface area contributed by atoms with Crippen LogP contribution in [0.5, 0.6) is 0 Å². The molecule has 0 radical (unpaired) electrons. The summed E-state index contributed by atoms with van der Waals surface area (Å²) >= 11 is 0. The average molecular weight is 252 g/mol. The smallest absolute Gasteiger partial charge is 0.235 e. The summed E-state index contributed by atoms with van der Waals surface area (Å²) in [6, 6.07) is 2.61. The van der Waals surface area contributed by atoms with Crippen LogP contribution >= 0.6 is 0 Å². The predicted molar refractivity (Wildman–Crippen MR) is 70.9 cm³/mol. The van der Waals surface area contributed by atoms with E-state index in [0.717, 1.165) is 19.5 Å². The highest BCUT2D eigenvalue weighted by Gasteiger charge is 2.31. The maximum Gasteiger partial charge on any atom is 0.235 e. The van der Waals surface area contributed by atoms with Crippen LogP contribution in [0.4, 0.5) is 0 Å². The zero-order valence-corrected chi connectivity index (χ0v) is 11.8. The van der Waals surface area contributed by atoms with Gasteiger partial charge in [-0.3, -0.25) is 9.69 Å². The second kappa shape index (κ2) is 6.17. The van der Waals surface area contributed by atoms with Crippen molar-refractivity contribution in [2.45, 2.75) is 38.8 Å². The van der Waals surface area contributed by atoms with Gasteiger partial charge in [0.2, 0.25) is 5.91 Å². The Kier molecular flexibility index (Phi) is 5.12. The van der Waals surface area contributed by atoms with Crippen LogP contribution in [0.2, 0.25) is 0 Å². The van der Waals surface area contributed by atoms with Gasteiger partial charge in [0.05, 0.1) is 12.6 Å². The molecule has 2 unspecified atom stereocenters. The average Bonchev–Trinajstić information content (AvgIpc) is 2.81. The fourth-order valence-corrected chi connectivity index (χ4v) is 2.00. The molecule has 0 spiro atoms. The van der Waals surface area contributed by atoms with Crippen molar-refractivity contribution in [1.29, 1.82) is 5.26 Å². The van der Waals surface area contributed by atoms with E-state index in [-0.39, 0.29) is 11.8 Å². The number of hydrogen-bond donors (Lipinski definition) is 2. The number of hydrogen-bond acceptors (Lipinski definition) is 4. The van der Waals surface area contributed by atoms with Crippen molar-refractivity contribution in [2.75, 3.05) is 26.7 Å². The Hall–Kier alpha value is -1.12. The van der Waals surface area contributed by atoms with Crippen LogP contribution in [-0.2, 0) is 4.79 Å². The monoisotopic (exact) mass is 252 g/mol. The number of carbonyl (C=O) groups is 1. The van der Waals surface area contributed by atoms with Crippen molar-refractivity contribution < 1.29 is 4.79 Å². The lowest BCUT2D eigenvalue weighted by atomic mass is 9.90. The van der Waals surface area contributed by atoms with E-state index in [9.17, 15) is 4.79 Å². The fourth-order valence-electron chi connectivity index (χ4n) is 2.00. The molecule has 1 amide bonds. The highest BCUT2D eigenvalue weighted by Crippen LogP contribution is 2.15. The predicted octanol–water partition coefficient (Wildman–Crippen LogP) is 0.335. The van der Waals surface area contributed by atoms with Gasteiger partial charge in [-0.25, -0.2) is 0 Å². The first-order valence-electron chi connectivity index (χ1n) is 6.52. The molecule has 0 aromatic carbocycles. The molecule has 1 rings (SSSR count). The zero-order chi connectivity index (χ0) is 13.8. The minimum atomic E-state index is -0.786. The lowest BCUT2D eigenvalue weighted by molar-refractivity contribution is -0.124. The standard InChI is InChI=1S/C13H24N4O/c1-10(2)13(3,9-14)16-12(18)8-17(4)11-5-6-15-7-11/h10-11,15H,5-8H2,1-4H3,(H,16,18). The molecule has 0 saturated carbocycles. The summed E-state index contributed by atoms with van der Waals surface area (Å²) in [4.78, 5) is 14.0. The van der Waals surface area contributed by atoms with Crippen molar-refractivity contribution in [3.63, 3.8) is 0 Å². The van der Waals surface area contributed by atoms with Crippen LogP contribution in [-0.4, -0.2) is 49.1 Å².